The molecule has 0 saturated carbocycles. The van der Waals surface area contributed by atoms with E-state index in [-0.39, 0.29) is 13.3 Å². The van der Waals surface area contributed by atoms with E-state index in [1.807, 2.05) is 0 Å². The van der Waals surface area contributed by atoms with E-state index in [4.69, 9.17) is 5.73 Å². The van der Waals surface area contributed by atoms with Crippen molar-refractivity contribution in [1.29, 1.82) is 0 Å². The molecule has 1 amide bonds. The lowest BCUT2D eigenvalue weighted by molar-refractivity contribution is -0.135. The van der Waals surface area contributed by atoms with Gasteiger partial charge in [0.15, 0.2) is 0 Å². The highest BCUT2D eigenvalue weighted by atomic mass is 16.3. The SMILES string of the molecule is C.N[C@@H](C(=O)N1CCNCC1)[C@@H](O)c1ccncc1. The van der Waals surface area contributed by atoms with Gasteiger partial charge in [0.1, 0.15) is 12.1 Å². The van der Waals surface area contributed by atoms with Crippen molar-refractivity contribution in [3.63, 3.8) is 0 Å². The van der Waals surface area contributed by atoms with Crippen LogP contribution in [0.2, 0.25) is 0 Å². The molecule has 6 heteroatoms. The van der Waals surface area contributed by atoms with Gasteiger partial charge in [-0.3, -0.25) is 9.78 Å². The maximum atomic E-state index is 12.1. The van der Waals surface area contributed by atoms with Crippen LogP contribution in [0.5, 0.6) is 0 Å². The summed E-state index contributed by atoms with van der Waals surface area (Å²) in [6, 6.07) is 2.40. The molecule has 19 heavy (non-hydrogen) atoms. The Morgan fingerprint density at radius 2 is 1.95 bits per heavy atom. The number of amides is 1. The number of pyridine rings is 1. The molecule has 2 heterocycles. The van der Waals surface area contributed by atoms with Gasteiger partial charge in [0.05, 0.1) is 0 Å². The van der Waals surface area contributed by atoms with E-state index in [2.05, 4.69) is 10.3 Å². The molecule has 6 nitrogen and oxygen atoms in total. The molecule has 1 saturated heterocycles. The topological polar surface area (TPSA) is 91.5 Å². The van der Waals surface area contributed by atoms with Crippen molar-refractivity contribution in [2.75, 3.05) is 26.2 Å². The third kappa shape index (κ3) is 3.73. The summed E-state index contributed by atoms with van der Waals surface area (Å²) in [5.41, 5.74) is 6.45. The van der Waals surface area contributed by atoms with Crippen LogP contribution in [0.15, 0.2) is 24.5 Å². The number of hydrogen-bond acceptors (Lipinski definition) is 5. The summed E-state index contributed by atoms with van der Waals surface area (Å²) in [7, 11) is 0. The van der Waals surface area contributed by atoms with Gasteiger partial charge in [-0.2, -0.15) is 0 Å². The molecule has 1 fully saturated rings. The van der Waals surface area contributed by atoms with Crippen LogP contribution in [0.4, 0.5) is 0 Å². The summed E-state index contributed by atoms with van der Waals surface area (Å²) in [6.07, 6.45) is 2.15. The number of piperazine rings is 1. The van der Waals surface area contributed by atoms with E-state index in [0.717, 1.165) is 13.1 Å². The van der Waals surface area contributed by atoms with Gasteiger partial charge in [0, 0.05) is 38.6 Å². The first kappa shape index (κ1) is 15.6. The van der Waals surface area contributed by atoms with E-state index >= 15 is 0 Å². The zero-order valence-corrected chi connectivity index (χ0v) is 10.1. The molecule has 1 aliphatic rings. The number of nitrogens with two attached hydrogens (primary N) is 1. The number of aromatic nitrogens is 1. The fourth-order valence-electron chi connectivity index (χ4n) is 2.00. The highest BCUT2D eigenvalue weighted by molar-refractivity contribution is 5.82. The van der Waals surface area contributed by atoms with Crippen molar-refractivity contribution < 1.29 is 9.90 Å². The predicted octanol–water partition coefficient (Wildman–Crippen LogP) is -0.490. The lowest BCUT2D eigenvalue weighted by Gasteiger charge is -2.31. The van der Waals surface area contributed by atoms with Crippen LogP contribution in [0.3, 0.4) is 0 Å². The Labute approximate surface area is 113 Å². The lowest BCUT2D eigenvalue weighted by Crippen LogP contribution is -2.53. The van der Waals surface area contributed by atoms with Crippen molar-refractivity contribution in [2.24, 2.45) is 5.73 Å². The monoisotopic (exact) mass is 266 g/mol. The van der Waals surface area contributed by atoms with Gasteiger partial charge < -0.3 is 21.1 Å². The summed E-state index contributed by atoms with van der Waals surface area (Å²) < 4.78 is 0. The smallest absolute Gasteiger partial charge is 0.242 e. The molecule has 1 aromatic rings. The number of rotatable bonds is 3. The first-order valence-electron chi connectivity index (χ1n) is 6.03. The Morgan fingerprint density at radius 1 is 1.37 bits per heavy atom. The van der Waals surface area contributed by atoms with Crippen molar-refractivity contribution in [2.45, 2.75) is 19.6 Å². The third-order valence-electron chi connectivity index (χ3n) is 3.10. The Bertz CT molecular complexity index is 393. The number of nitrogens with one attached hydrogen (secondary N) is 1. The van der Waals surface area contributed by atoms with Crippen molar-refractivity contribution >= 4 is 5.91 Å². The molecule has 0 spiro atoms. The summed E-state index contributed by atoms with van der Waals surface area (Å²) >= 11 is 0. The average Bonchev–Trinajstić information content (AvgIpc) is 2.47. The molecule has 4 N–H and O–H groups in total. The van der Waals surface area contributed by atoms with Crippen LogP contribution in [-0.2, 0) is 4.79 Å². The molecular formula is C13H22N4O2. The number of aliphatic hydroxyl groups excluding tert-OH is 1. The molecule has 1 aromatic heterocycles. The van der Waals surface area contributed by atoms with Crippen LogP contribution in [0.25, 0.3) is 0 Å². The molecule has 0 bridgehead atoms. The van der Waals surface area contributed by atoms with Crippen LogP contribution in [-0.4, -0.2) is 53.1 Å². The summed E-state index contributed by atoms with van der Waals surface area (Å²) in [5.74, 6) is -0.208. The van der Waals surface area contributed by atoms with E-state index in [0.29, 0.717) is 18.7 Å². The van der Waals surface area contributed by atoms with Crippen LogP contribution in [0.1, 0.15) is 19.1 Å². The maximum absolute atomic E-state index is 12.1. The Morgan fingerprint density at radius 3 is 2.53 bits per heavy atom. The Hall–Kier alpha value is -1.50. The van der Waals surface area contributed by atoms with Crippen LogP contribution in [0, 0.1) is 0 Å². The number of carbonyl (C=O) groups excluding carboxylic acids is 1. The van der Waals surface area contributed by atoms with Gasteiger partial charge in [-0.15, -0.1) is 0 Å². The van der Waals surface area contributed by atoms with E-state index in [9.17, 15) is 9.90 Å². The van der Waals surface area contributed by atoms with Gasteiger partial charge >= 0.3 is 0 Å². The van der Waals surface area contributed by atoms with Gasteiger partial charge in [-0.1, -0.05) is 7.43 Å². The van der Waals surface area contributed by atoms with Gasteiger partial charge in [0.25, 0.3) is 0 Å². The molecule has 106 valence electrons. The predicted molar refractivity (Wildman–Crippen MR) is 73.4 cm³/mol. The second-order valence-corrected chi connectivity index (χ2v) is 4.33. The van der Waals surface area contributed by atoms with Crippen molar-refractivity contribution in [3.8, 4) is 0 Å². The zero-order chi connectivity index (χ0) is 13.0. The molecule has 0 unspecified atom stereocenters. The summed E-state index contributed by atoms with van der Waals surface area (Å²) in [5, 5.41) is 13.2. The minimum absolute atomic E-state index is 0. The minimum atomic E-state index is -0.990. The molecule has 0 aromatic carbocycles. The molecule has 1 aliphatic heterocycles. The molecular weight excluding hydrogens is 244 g/mol. The average molecular weight is 266 g/mol. The summed E-state index contributed by atoms with van der Waals surface area (Å²) in [6.45, 7) is 2.80. The second kappa shape index (κ2) is 7.18. The first-order valence-corrected chi connectivity index (χ1v) is 6.03. The van der Waals surface area contributed by atoms with Gasteiger partial charge in [-0.25, -0.2) is 0 Å². The van der Waals surface area contributed by atoms with Crippen molar-refractivity contribution in [1.82, 2.24) is 15.2 Å². The van der Waals surface area contributed by atoms with E-state index in [1.54, 1.807) is 29.4 Å². The molecule has 2 atom stereocenters. The van der Waals surface area contributed by atoms with E-state index < -0.39 is 12.1 Å². The molecule has 2 rings (SSSR count). The fourth-order valence-corrected chi connectivity index (χ4v) is 2.00. The largest absolute Gasteiger partial charge is 0.386 e. The summed E-state index contributed by atoms with van der Waals surface area (Å²) in [4.78, 5) is 17.7. The number of hydrogen-bond donors (Lipinski definition) is 3. The van der Waals surface area contributed by atoms with Crippen molar-refractivity contribution in [3.05, 3.63) is 30.1 Å². The highest BCUT2D eigenvalue weighted by Crippen LogP contribution is 2.16. The second-order valence-electron chi connectivity index (χ2n) is 4.33. The minimum Gasteiger partial charge on any atom is -0.386 e. The lowest BCUT2D eigenvalue weighted by atomic mass is 10.0. The number of aliphatic hydroxyl groups is 1. The maximum Gasteiger partial charge on any atom is 0.242 e. The molecule has 0 radical (unpaired) electrons. The standard InChI is InChI=1S/C12H18N4O2.CH4/c13-10(11(17)9-1-3-14-4-2-9)12(18)16-7-5-15-6-8-16;/h1-4,10-11,15,17H,5-8,13H2;1H4/t10-,11+;/m1./s1. The third-order valence-corrected chi connectivity index (χ3v) is 3.10. The van der Waals surface area contributed by atoms with E-state index in [1.165, 1.54) is 0 Å². The quantitative estimate of drug-likeness (QED) is 0.687. The van der Waals surface area contributed by atoms with Gasteiger partial charge in [0.2, 0.25) is 5.91 Å². The number of nitrogens with zero attached hydrogens (tertiary/aromatic N) is 2. The van der Waals surface area contributed by atoms with Crippen LogP contribution >= 0.6 is 0 Å². The first-order chi connectivity index (χ1) is 8.70. The van der Waals surface area contributed by atoms with Crippen LogP contribution < -0.4 is 11.1 Å². The highest BCUT2D eigenvalue weighted by Gasteiger charge is 2.28. The van der Waals surface area contributed by atoms with Gasteiger partial charge in [-0.05, 0) is 17.7 Å². The molecule has 0 aliphatic carbocycles. The fraction of sp³-hybridized carbons (Fsp3) is 0.538. The number of carbonyl (C=O) groups is 1. The zero-order valence-electron chi connectivity index (χ0n) is 10.1. The Kier molecular flexibility index (Phi) is 5.88. The Balaban J connectivity index is 0.00000180. The normalized spacial score (nSPS) is 18.3.